The number of hydrogen-bond acceptors (Lipinski definition) is 24. The van der Waals surface area contributed by atoms with Gasteiger partial charge in [0.1, 0.15) is 90.3 Å². The fourth-order valence-electron chi connectivity index (χ4n) is 17.0. The molecule has 0 unspecified atom stereocenters. The molecule has 6 heterocycles. The average molecular weight is 1920 g/mol. The Bertz CT molecular complexity index is 5260. The molecule has 0 bridgehead atoms. The number of aromatic amines is 1. The number of guanidine groups is 1. The number of primary amides is 2. The minimum Gasteiger partial charge on any atom is -0.508 e. The number of aliphatic imine (C=N–C) groups is 1. The van der Waals surface area contributed by atoms with Crippen molar-refractivity contribution in [1.82, 2.24) is 93.0 Å². The molecule has 4 aliphatic rings. The lowest BCUT2D eigenvalue weighted by Gasteiger charge is -2.36. The van der Waals surface area contributed by atoms with E-state index in [9.17, 15) is 58.5 Å². The van der Waals surface area contributed by atoms with Gasteiger partial charge in [-0.15, -0.1) is 11.8 Å². The summed E-state index contributed by atoms with van der Waals surface area (Å²) in [4.78, 5) is 268. The number of nitrogens with zero attached hydrogens (tertiary/aromatic N) is 7. The number of aromatic nitrogens is 2. The van der Waals surface area contributed by atoms with Crippen molar-refractivity contribution < 1.29 is 96.8 Å². The Morgan fingerprint density at radius 1 is 0.577 bits per heavy atom. The zero-order valence-electron chi connectivity index (χ0n) is 78.3. The minimum atomic E-state index is -1.91. The number of hydrogen-bond donors (Lipinski definition) is 19. The summed E-state index contributed by atoms with van der Waals surface area (Å²) in [7, 11) is 3.90. The lowest BCUT2D eigenvalue weighted by atomic mass is 9.98. The number of amides is 17. The molecule has 17 amide bonds. The van der Waals surface area contributed by atoms with E-state index in [-0.39, 0.29) is 102 Å². The zero-order chi connectivity index (χ0) is 100. The maximum Gasteiger partial charge on any atom is 0.246 e. The van der Waals surface area contributed by atoms with Gasteiger partial charge in [0.25, 0.3) is 0 Å². The van der Waals surface area contributed by atoms with Gasteiger partial charge in [-0.05, 0) is 110 Å². The summed E-state index contributed by atoms with van der Waals surface area (Å²) in [5.41, 5.74) is 19.3. The van der Waals surface area contributed by atoms with Crippen molar-refractivity contribution in [3.63, 3.8) is 0 Å². The molecule has 0 radical (unpaired) electrons. The van der Waals surface area contributed by atoms with E-state index < -0.39 is 241 Å². The van der Waals surface area contributed by atoms with Crippen LogP contribution < -0.4 is 75.7 Å². The number of nitrogens with one attached hydrogen (secondary N) is 13. The molecule has 44 heteroatoms. The normalized spacial score (nSPS) is 25.0. The van der Waals surface area contributed by atoms with Crippen LogP contribution in [0.5, 0.6) is 5.75 Å². The van der Waals surface area contributed by atoms with Gasteiger partial charge >= 0.3 is 0 Å². The number of aliphatic hydroxyl groups excluding tert-OH is 2. The molecule has 22 N–H and O–H groups in total. The smallest absolute Gasteiger partial charge is 0.246 e. The van der Waals surface area contributed by atoms with Gasteiger partial charge in [0.05, 0.1) is 31.4 Å². The first-order chi connectivity index (χ1) is 65.3. The summed E-state index contributed by atoms with van der Waals surface area (Å²) >= 11 is 0.761. The molecule has 0 saturated carbocycles. The maximum atomic E-state index is 15.8. The van der Waals surface area contributed by atoms with Crippen molar-refractivity contribution >= 4 is 146 Å². The molecule has 0 aliphatic carbocycles. The second-order valence-electron chi connectivity index (χ2n) is 35.4. The van der Waals surface area contributed by atoms with Gasteiger partial charge in [-0.2, -0.15) is 0 Å². The summed E-state index contributed by atoms with van der Waals surface area (Å²) in [6, 6.07) is -2.27. The van der Waals surface area contributed by atoms with Gasteiger partial charge in [0, 0.05) is 126 Å². The van der Waals surface area contributed by atoms with E-state index in [1.165, 1.54) is 64.7 Å². The molecule has 4 aliphatic heterocycles. The first kappa shape index (κ1) is 107. The van der Waals surface area contributed by atoms with Crippen LogP contribution in [-0.2, 0) is 101 Å². The number of unbranched alkanes of at least 4 members (excludes halogenated alkanes) is 2. The monoisotopic (exact) mass is 1920 g/mol. The Morgan fingerprint density at radius 2 is 1.16 bits per heavy atom. The second-order valence-corrected chi connectivity index (χ2v) is 36.4. The van der Waals surface area contributed by atoms with Gasteiger partial charge in [0.15, 0.2) is 5.96 Å². The molecule has 137 heavy (non-hydrogen) atoms. The lowest BCUT2D eigenvalue weighted by Crippen LogP contribution is -2.61. The molecular formula is C93H129N23O20S. The molecule has 0 spiro atoms. The highest BCUT2D eigenvalue weighted by atomic mass is 32.2. The number of thioether (sulfide) groups is 1. The van der Waals surface area contributed by atoms with Crippen molar-refractivity contribution in [1.29, 1.82) is 5.41 Å². The predicted octanol–water partition coefficient (Wildman–Crippen LogP) is -2.08. The van der Waals surface area contributed by atoms with Crippen LogP contribution in [0.2, 0.25) is 0 Å². The Balaban J connectivity index is 1.11. The minimum absolute atomic E-state index is 0.00566. The van der Waals surface area contributed by atoms with E-state index in [1.54, 1.807) is 81.0 Å². The van der Waals surface area contributed by atoms with Crippen molar-refractivity contribution in [2.24, 2.45) is 28.1 Å². The molecule has 43 nitrogen and oxygen atoms in total. The average Bonchev–Trinajstić information content (AvgIpc) is 1.71. The summed E-state index contributed by atoms with van der Waals surface area (Å²) in [5, 5.41) is 71.9. The van der Waals surface area contributed by atoms with Crippen LogP contribution in [0.4, 0.5) is 0 Å². The first-order valence-corrected chi connectivity index (χ1v) is 47.2. The SMILES string of the molecule is CCCC[C@H]1C(=O)N(C)[C@@H](CCCC)C(=O)N[C@@H](CCCNC(=N)N)C(=O)N[C@H](C(=O)NCC(N)=O)CSCC(=O)N[C@@H](Cc2ccc(O)cc2)C(=O)N(C)[C@@H](C)C(=O)N[C@@H](CC(N)=O)C(=O)N2CCC[C@H]2C(=O)N[C@@H](CC2=CN=CC2)C(=O)N[C@@H](CC(C)C)C(=O)N2C[C@H](O)C[C@H]2C(=O)N[C@@H](Cc2c[nH]c3ccccc23)C(=O)N[C@@H](CO)C(=O)N[C@@H](Cc2cncc3ccccc23)C(=O)N1C. The quantitative estimate of drug-likeness (QED) is 0.0160. The summed E-state index contributed by atoms with van der Waals surface area (Å²) in [5.74, 6) is -18.0. The number of phenols is 1. The lowest BCUT2D eigenvalue weighted by molar-refractivity contribution is -0.149. The molecule has 15 atom stereocenters. The van der Waals surface area contributed by atoms with Gasteiger partial charge < -0.3 is 120 Å². The third-order valence-electron chi connectivity index (χ3n) is 24.6. The van der Waals surface area contributed by atoms with Crippen LogP contribution in [0.15, 0.2) is 108 Å². The molecule has 3 saturated heterocycles. The van der Waals surface area contributed by atoms with E-state index in [1.807, 2.05) is 13.8 Å². The number of aliphatic hydroxyl groups is 2. The fraction of sp³-hybridized carbons (Fsp3) is 0.527. The predicted molar refractivity (Wildman–Crippen MR) is 507 cm³/mol. The van der Waals surface area contributed by atoms with E-state index in [2.05, 4.69) is 73.4 Å². The number of fused-ring (bicyclic) bond motifs is 4. The van der Waals surface area contributed by atoms with Crippen molar-refractivity contribution in [2.45, 2.75) is 241 Å². The number of rotatable bonds is 26. The van der Waals surface area contributed by atoms with Crippen molar-refractivity contribution in [3.05, 3.63) is 120 Å². The number of phenolic OH excluding ortho intramolecular Hbond substituents is 1. The van der Waals surface area contributed by atoms with E-state index >= 15 is 38.4 Å². The Labute approximate surface area is 797 Å². The standard InChI is InChI=1S/C93H129N23O20S/c1-9-11-24-72-85(129)104-63(23-17-32-100-93(96)97)81(125)111-71(80(124)102-46-77(95)121)49-137-50-78(122)103-67(36-53-27-29-58(118)30-28-53)88(132)112(6)52(5)79(123)107-69(41-76(94)120)90(134)115-34-18-26-73(115)86(130)105-64(37-54-31-33-98-42-54)82(126)108-66(35-51(3)4)91(135)116-47-59(119)40-75(116)87(131)106-65(38-57-45-101-62-22-16-15-21-61(57)62)83(127)110-70(48-117)84(128)109-68(39-56-44-99-43-55-19-13-14-20-60(55)56)89(133)114(8)74(25-12-10-2)92(136)113(72)7/h13-16,19-22,27-30,33,42-45,51-52,59,63-75,101,117-119H,9-12,17-18,23-26,31-32,34-41,46-50H2,1-8H3,(H2,94,120)(H2,95,121)(H,102,124)(H,103,122)(H,104,129)(H,105,130)(H,106,131)(H,107,123)(H,108,126)(H,109,128)(H,110,127)(H,111,125)(H4,96,97,100)/t52-,59+,63-,64-,65-,66-,67-,68-,69-,70-,71-,72-,73-,74-,75-/m0/s1. The number of aromatic hydroxyl groups is 1. The van der Waals surface area contributed by atoms with Crippen LogP contribution in [0.3, 0.4) is 0 Å². The van der Waals surface area contributed by atoms with Crippen molar-refractivity contribution in [3.8, 4) is 5.75 Å². The second kappa shape index (κ2) is 51.3. The molecule has 3 fully saturated rings. The van der Waals surface area contributed by atoms with Crippen LogP contribution >= 0.6 is 11.8 Å². The molecule has 9 rings (SSSR count). The molecule has 5 aromatic rings. The van der Waals surface area contributed by atoms with Crippen LogP contribution in [0, 0.1) is 11.3 Å². The molecule has 742 valence electrons. The topological polar surface area (TPSA) is 642 Å². The Kier molecular flexibility index (Phi) is 40.1. The number of H-pyrrole nitrogens is 1. The number of pyridine rings is 1. The van der Waals surface area contributed by atoms with Crippen LogP contribution in [-0.4, -0.2) is 319 Å². The Hall–Kier alpha value is -13.7. The number of para-hydroxylation sites is 1. The fourth-order valence-corrected chi connectivity index (χ4v) is 17.9. The third kappa shape index (κ3) is 30.2. The van der Waals surface area contributed by atoms with Gasteiger partial charge in [0.2, 0.25) is 100 Å². The van der Waals surface area contributed by atoms with Crippen LogP contribution in [0.25, 0.3) is 21.7 Å². The van der Waals surface area contributed by atoms with Gasteiger partial charge in [-0.3, -0.25) is 96.9 Å². The number of benzene rings is 3. The number of carbonyl (C=O) groups is 17. The molecular weight excluding hydrogens is 1790 g/mol. The molecule has 2 aromatic heterocycles. The third-order valence-corrected chi connectivity index (χ3v) is 25.6. The highest BCUT2D eigenvalue weighted by Gasteiger charge is 2.47. The molecule has 3 aromatic carbocycles. The Morgan fingerprint density at radius 3 is 1.82 bits per heavy atom. The van der Waals surface area contributed by atoms with Crippen LogP contribution in [0.1, 0.15) is 148 Å². The first-order valence-electron chi connectivity index (χ1n) is 46.1. The highest BCUT2D eigenvalue weighted by molar-refractivity contribution is 8.00. The number of carbonyl (C=O) groups excluding carboxylic acids is 17. The summed E-state index contributed by atoms with van der Waals surface area (Å²) in [6.45, 7) is 6.03. The zero-order valence-corrected chi connectivity index (χ0v) is 79.1. The maximum absolute atomic E-state index is 15.8. The number of likely N-dealkylation sites (N-methyl/N-ethyl adjacent to an activating group) is 3. The van der Waals surface area contributed by atoms with Gasteiger partial charge in [-0.25, -0.2) is 0 Å². The largest absolute Gasteiger partial charge is 0.508 e. The van der Waals surface area contributed by atoms with Gasteiger partial charge in [-0.1, -0.05) is 108 Å². The van der Waals surface area contributed by atoms with E-state index in [0.29, 0.717) is 69.6 Å². The number of nitrogens with two attached hydrogens (primary N) is 3. The summed E-state index contributed by atoms with van der Waals surface area (Å²) < 4.78 is 0. The highest BCUT2D eigenvalue weighted by Crippen LogP contribution is 2.29. The van der Waals surface area contributed by atoms with E-state index in [4.69, 9.17) is 22.6 Å². The van der Waals surface area contributed by atoms with Crippen molar-refractivity contribution in [2.75, 3.05) is 65.4 Å². The summed E-state index contributed by atoms with van der Waals surface area (Å²) in [6.07, 6.45) is 5.76. The van der Waals surface area contributed by atoms with E-state index in [0.717, 1.165) is 36.3 Å².